The average molecular weight is 342 g/mol. The Morgan fingerprint density at radius 3 is 3.15 bits per heavy atom. The highest BCUT2D eigenvalue weighted by atomic mass is 79.9. The minimum absolute atomic E-state index is 0.122. The van der Waals surface area contributed by atoms with Crippen LogP contribution in [0.2, 0.25) is 0 Å². The number of nitrogens with zero attached hydrogens (tertiary/aromatic N) is 1. The Morgan fingerprint density at radius 1 is 1.55 bits per heavy atom. The summed E-state index contributed by atoms with van der Waals surface area (Å²) < 4.78 is 19.0. The van der Waals surface area contributed by atoms with Crippen LogP contribution in [0.5, 0.6) is 0 Å². The van der Waals surface area contributed by atoms with E-state index in [1.165, 1.54) is 6.07 Å². The molecule has 1 fully saturated rings. The molecule has 0 spiro atoms. The number of amides is 1. The summed E-state index contributed by atoms with van der Waals surface area (Å²) in [5.41, 5.74) is 1.13. The third kappa shape index (κ3) is 2.69. The molecule has 1 aromatic heterocycles. The minimum Gasteiger partial charge on any atom is -0.381 e. The third-order valence-electron chi connectivity index (χ3n) is 3.30. The SMILES string of the molecule is O=C(Nc1nc2cc(Br)c(F)cc2[nH]1)C1CCCOC1. The van der Waals surface area contributed by atoms with Gasteiger partial charge in [0.25, 0.3) is 0 Å². The second-order valence-corrected chi connectivity index (χ2v) is 5.63. The van der Waals surface area contributed by atoms with E-state index >= 15 is 0 Å². The van der Waals surface area contributed by atoms with Gasteiger partial charge in [-0.15, -0.1) is 0 Å². The van der Waals surface area contributed by atoms with Crippen LogP contribution >= 0.6 is 15.9 Å². The number of fused-ring (bicyclic) bond motifs is 1. The van der Waals surface area contributed by atoms with Crippen molar-refractivity contribution < 1.29 is 13.9 Å². The van der Waals surface area contributed by atoms with Crippen LogP contribution in [0.1, 0.15) is 12.8 Å². The number of aromatic amines is 1. The molecule has 1 aliphatic rings. The molecule has 2 N–H and O–H groups in total. The number of ether oxygens (including phenoxy) is 1. The van der Waals surface area contributed by atoms with E-state index < -0.39 is 0 Å². The molecule has 0 radical (unpaired) electrons. The Kier molecular flexibility index (Phi) is 3.71. The molecule has 1 saturated heterocycles. The molecular formula is C13H13BrFN3O2. The summed E-state index contributed by atoms with van der Waals surface area (Å²) in [6.45, 7) is 1.15. The van der Waals surface area contributed by atoms with E-state index in [0.29, 0.717) is 34.7 Å². The predicted molar refractivity (Wildman–Crippen MR) is 75.9 cm³/mol. The van der Waals surface area contributed by atoms with E-state index in [1.54, 1.807) is 6.07 Å². The van der Waals surface area contributed by atoms with Gasteiger partial charge in [-0.2, -0.15) is 0 Å². The molecule has 5 nitrogen and oxygen atoms in total. The van der Waals surface area contributed by atoms with Gasteiger partial charge in [-0.25, -0.2) is 9.37 Å². The molecule has 0 saturated carbocycles. The number of carbonyl (C=O) groups is 1. The normalized spacial score (nSPS) is 19.2. The zero-order valence-corrected chi connectivity index (χ0v) is 12.2. The Labute approximate surface area is 123 Å². The lowest BCUT2D eigenvalue weighted by molar-refractivity contribution is -0.123. The first kappa shape index (κ1) is 13.5. The number of nitrogens with one attached hydrogen (secondary N) is 2. The fourth-order valence-electron chi connectivity index (χ4n) is 2.23. The van der Waals surface area contributed by atoms with Crippen LogP contribution in [0.15, 0.2) is 16.6 Å². The lowest BCUT2D eigenvalue weighted by Gasteiger charge is -2.20. The number of aromatic nitrogens is 2. The van der Waals surface area contributed by atoms with E-state index in [-0.39, 0.29) is 17.6 Å². The maximum atomic E-state index is 13.4. The van der Waals surface area contributed by atoms with E-state index in [2.05, 4.69) is 31.2 Å². The van der Waals surface area contributed by atoms with Gasteiger partial charge in [0, 0.05) is 12.7 Å². The van der Waals surface area contributed by atoms with Crippen LogP contribution in [-0.4, -0.2) is 29.1 Å². The van der Waals surface area contributed by atoms with Gasteiger partial charge in [0.2, 0.25) is 11.9 Å². The number of hydrogen-bond acceptors (Lipinski definition) is 3. The van der Waals surface area contributed by atoms with Gasteiger partial charge in [-0.05, 0) is 34.8 Å². The van der Waals surface area contributed by atoms with Crippen LogP contribution in [0, 0.1) is 11.7 Å². The van der Waals surface area contributed by atoms with E-state index in [9.17, 15) is 9.18 Å². The number of H-pyrrole nitrogens is 1. The van der Waals surface area contributed by atoms with Gasteiger partial charge in [0.15, 0.2) is 0 Å². The van der Waals surface area contributed by atoms with Gasteiger partial charge in [0.05, 0.1) is 28.0 Å². The van der Waals surface area contributed by atoms with Crippen LogP contribution in [0.25, 0.3) is 11.0 Å². The molecule has 20 heavy (non-hydrogen) atoms. The quantitative estimate of drug-likeness (QED) is 0.882. The molecule has 1 unspecified atom stereocenters. The second-order valence-electron chi connectivity index (χ2n) is 4.77. The fourth-order valence-corrected chi connectivity index (χ4v) is 2.56. The summed E-state index contributed by atoms with van der Waals surface area (Å²) in [5, 5.41) is 2.72. The molecule has 0 aliphatic carbocycles. The molecule has 1 aliphatic heterocycles. The van der Waals surface area contributed by atoms with Crippen molar-refractivity contribution in [1.82, 2.24) is 9.97 Å². The monoisotopic (exact) mass is 341 g/mol. The Balaban J connectivity index is 1.78. The van der Waals surface area contributed by atoms with E-state index in [4.69, 9.17) is 4.74 Å². The van der Waals surface area contributed by atoms with Gasteiger partial charge in [0.1, 0.15) is 5.82 Å². The summed E-state index contributed by atoms with van der Waals surface area (Å²) in [6, 6.07) is 2.91. The number of benzene rings is 1. The smallest absolute Gasteiger partial charge is 0.232 e. The molecule has 2 heterocycles. The van der Waals surface area contributed by atoms with Crippen molar-refractivity contribution >= 4 is 38.8 Å². The highest BCUT2D eigenvalue weighted by molar-refractivity contribution is 9.10. The maximum Gasteiger partial charge on any atom is 0.232 e. The number of anilines is 1. The Morgan fingerprint density at radius 2 is 2.40 bits per heavy atom. The lowest BCUT2D eigenvalue weighted by Crippen LogP contribution is -2.30. The van der Waals surface area contributed by atoms with Crippen molar-refractivity contribution in [3.63, 3.8) is 0 Å². The summed E-state index contributed by atoms with van der Waals surface area (Å²) >= 11 is 3.11. The first-order valence-corrected chi connectivity index (χ1v) is 7.16. The van der Waals surface area contributed by atoms with Gasteiger partial charge >= 0.3 is 0 Å². The standard InChI is InChI=1S/C13H13BrFN3O2/c14-8-4-10-11(5-9(8)15)17-13(16-10)18-12(19)7-2-1-3-20-6-7/h4-5,7H,1-3,6H2,(H2,16,17,18,19). The van der Waals surface area contributed by atoms with Crippen LogP contribution in [-0.2, 0) is 9.53 Å². The highest BCUT2D eigenvalue weighted by Crippen LogP contribution is 2.23. The van der Waals surface area contributed by atoms with Crippen molar-refractivity contribution in [1.29, 1.82) is 0 Å². The van der Waals surface area contributed by atoms with Crippen molar-refractivity contribution in [3.8, 4) is 0 Å². The van der Waals surface area contributed by atoms with Crippen molar-refractivity contribution in [3.05, 3.63) is 22.4 Å². The summed E-state index contributed by atoms with van der Waals surface area (Å²) in [7, 11) is 0. The zero-order chi connectivity index (χ0) is 14.1. The fraction of sp³-hybridized carbons (Fsp3) is 0.385. The van der Waals surface area contributed by atoms with Gasteiger partial charge in [-0.1, -0.05) is 0 Å². The molecule has 106 valence electrons. The van der Waals surface area contributed by atoms with Crippen molar-refractivity contribution in [2.45, 2.75) is 12.8 Å². The number of imidazole rings is 1. The molecule has 1 atom stereocenters. The predicted octanol–water partition coefficient (Wildman–Crippen LogP) is 2.83. The van der Waals surface area contributed by atoms with Crippen LogP contribution < -0.4 is 5.32 Å². The molecule has 1 aromatic carbocycles. The largest absolute Gasteiger partial charge is 0.381 e. The Bertz CT molecular complexity index is 613. The second kappa shape index (κ2) is 5.49. The summed E-state index contributed by atoms with van der Waals surface area (Å²) in [4.78, 5) is 19.2. The first-order chi connectivity index (χ1) is 9.63. The van der Waals surface area contributed by atoms with Gasteiger partial charge < -0.3 is 9.72 Å². The van der Waals surface area contributed by atoms with Crippen LogP contribution in [0.4, 0.5) is 10.3 Å². The number of rotatable bonds is 2. The van der Waals surface area contributed by atoms with E-state index in [1.807, 2.05) is 0 Å². The highest BCUT2D eigenvalue weighted by Gasteiger charge is 2.22. The third-order valence-corrected chi connectivity index (χ3v) is 3.90. The number of halogens is 2. The number of carbonyl (C=O) groups excluding carboxylic acids is 1. The maximum absolute atomic E-state index is 13.4. The minimum atomic E-state index is -0.375. The van der Waals surface area contributed by atoms with Crippen LogP contribution in [0.3, 0.4) is 0 Å². The average Bonchev–Trinajstić information content (AvgIpc) is 2.81. The molecule has 0 bridgehead atoms. The lowest BCUT2D eigenvalue weighted by atomic mass is 10.0. The summed E-state index contributed by atoms with van der Waals surface area (Å²) in [5.74, 6) is -0.323. The van der Waals surface area contributed by atoms with Crippen molar-refractivity contribution in [2.24, 2.45) is 5.92 Å². The molecular weight excluding hydrogens is 329 g/mol. The Hall–Kier alpha value is -1.47. The molecule has 1 amide bonds. The topological polar surface area (TPSA) is 67.0 Å². The summed E-state index contributed by atoms with van der Waals surface area (Å²) in [6.07, 6.45) is 1.70. The molecule has 3 rings (SSSR count). The molecule has 2 aromatic rings. The van der Waals surface area contributed by atoms with Gasteiger partial charge in [-0.3, -0.25) is 10.1 Å². The van der Waals surface area contributed by atoms with E-state index in [0.717, 1.165) is 12.8 Å². The molecule has 7 heteroatoms. The zero-order valence-electron chi connectivity index (χ0n) is 10.6. The first-order valence-electron chi connectivity index (χ1n) is 6.37. The van der Waals surface area contributed by atoms with Crippen molar-refractivity contribution in [2.75, 3.05) is 18.5 Å². The number of hydrogen-bond donors (Lipinski definition) is 2.